The lowest BCUT2D eigenvalue weighted by Gasteiger charge is -2.14. The smallest absolute Gasteiger partial charge is 0.271 e. The van der Waals surface area contributed by atoms with Crippen LogP contribution < -0.4 is 4.90 Å². The largest absolute Gasteiger partial charge is 0.508 e. The number of thioether (sulfide) groups is 1. The lowest BCUT2D eigenvalue weighted by Crippen LogP contribution is -2.28. The van der Waals surface area contributed by atoms with Crippen molar-refractivity contribution in [2.75, 3.05) is 4.90 Å². The van der Waals surface area contributed by atoms with Gasteiger partial charge in [-0.2, -0.15) is 0 Å². The number of phenolic OH excluding ortho intramolecular Hbond substituents is 2. The topological polar surface area (TPSA) is 84.6 Å². The number of aryl methyl sites for hydroxylation is 1. The highest BCUT2D eigenvalue weighted by Gasteiger charge is 2.33. The molecule has 0 radical (unpaired) electrons. The van der Waals surface area contributed by atoms with E-state index in [1.807, 2.05) is 25.1 Å². The number of nitrogens with zero attached hydrogens (tertiary/aromatic N) is 1. The zero-order valence-corrected chi connectivity index (χ0v) is 13.1. The first-order valence-electron chi connectivity index (χ1n) is 6.87. The zero-order valence-electron chi connectivity index (χ0n) is 12.3. The number of hydrogen-bond donors (Lipinski definition) is 3. The molecule has 1 amide bonds. The Bertz CT molecular complexity index is 845. The molecule has 0 bridgehead atoms. The molecule has 1 heterocycles. The van der Waals surface area contributed by atoms with Crippen molar-refractivity contribution in [1.29, 1.82) is 5.41 Å². The summed E-state index contributed by atoms with van der Waals surface area (Å²) in [7, 11) is 0. The molecule has 0 aromatic heterocycles. The summed E-state index contributed by atoms with van der Waals surface area (Å²) in [5, 5.41) is 27.3. The number of carbonyl (C=O) groups is 1. The van der Waals surface area contributed by atoms with E-state index in [1.54, 1.807) is 6.07 Å². The van der Waals surface area contributed by atoms with Gasteiger partial charge >= 0.3 is 0 Å². The second kappa shape index (κ2) is 5.81. The van der Waals surface area contributed by atoms with Crippen molar-refractivity contribution in [3.8, 4) is 11.5 Å². The summed E-state index contributed by atoms with van der Waals surface area (Å²) in [6.45, 7) is 1.92. The second-order valence-electron chi connectivity index (χ2n) is 5.14. The van der Waals surface area contributed by atoms with Crippen LogP contribution in [0.1, 0.15) is 11.1 Å². The average molecular weight is 326 g/mol. The van der Waals surface area contributed by atoms with Crippen molar-refractivity contribution in [2.24, 2.45) is 0 Å². The van der Waals surface area contributed by atoms with Crippen LogP contribution in [0.15, 0.2) is 47.4 Å². The summed E-state index contributed by atoms with van der Waals surface area (Å²) >= 11 is 1.04. The Morgan fingerprint density at radius 3 is 2.65 bits per heavy atom. The first kappa shape index (κ1) is 15.2. The molecule has 2 aromatic carbocycles. The summed E-state index contributed by atoms with van der Waals surface area (Å²) in [6, 6.07) is 11.5. The maximum Gasteiger partial charge on any atom is 0.271 e. The Morgan fingerprint density at radius 2 is 1.96 bits per heavy atom. The predicted molar refractivity (Wildman–Crippen MR) is 91.7 cm³/mol. The molecule has 1 fully saturated rings. The van der Waals surface area contributed by atoms with E-state index >= 15 is 0 Å². The van der Waals surface area contributed by atoms with Gasteiger partial charge in [-0.15, -0.1) is 0 Å². The van der Waals surface area contributed by atoms with E-state index in [2.05, 4.69) is 0 Å². The van der Waals surface area contributed by atoms with E-state index in [0.29, 0.717) is 16.2 Å². The Morgan fingerprint density at radius 1 is 1.17 bits per heavy atom. The predicted octanol–water partition coefficient (Wildman–Crippen LogP) is 3.46. The molecule has 1 aliphatic rings. The Kier molecular flexibility index (Phi) is 3.83. The molecule has 3 rings (SSSR count). The number of phenols is 2. The van der Waals surface area contributed by atoms with E-state index < -0.39 is 0 Å². The van der Waals surface area contributed by atoms with Gasteiger partial charge in [0.05, 0.1) is 10.6 Å². The maximum absolute atomic E-state index is 12.6. The van der Waals surface area contributed by atoms with Crippen LogP contribution in [0.5, 0.6) is 11.5 Å². The van der Waals surface area contributed by atoms with E-state index in [-0.39, 0.29) is 22.6 Å². The molecule has 2 aromatic rings. The lowest BCUT2D eigenvalue weighted by molar-refractivity contribution is -0.113. The molecule has 1 saturated heterocycles. The SMILES string of the molecule is Cc1cccc(N2C(=N)S/C(=C\c3ccc(O)cc3O)C2=O)c1. The number of rotatable bonds is 2. The molecule has 6 heteroatoms. The number of aromatic hydroxyl groups is 2. The molecule has 0 unspecified atom stereocenters. The van der Waals surface area contributed by atoms with Crippen LogP contribution in [0.4, 0.5) is 5.69 Å². The molecule has 23 heavy (non-hydrogen) atoms. The minimum Gasteiger partial charge on any atom is -0.508 e. The van der Waals surface area contributed by atoms with Crippen LogP contribution in [0.25, 0.3) is 6.08 Å². The summed E-state index contributed by atoms with van der Waals surface area (Å²) < 4.78 is 0. The van der Waals surface area contributed by atoms with Gasteiger partial charge in [-0.3, -0.25) is 15.1 Å². The van der Waals surface area contributed by atoms with Crippen LogP contribution in [0.2, 0.25) is 0 Å². The van der Waals surface area contributed by atoms with Crippen LogP contribution in [-0.4, -0.2) is 21.3 Å². The van der Waals surface area contributed by atoms with Crippen LogP contribution in [-0.2, 0) is 4.79 Å². The summed E-state index contributed by atoms with van der Waals surface area (Å²) in [5.74, 6) is -0.478. The number of anilines is 1. The Labute approximate surface area is 137 Å². The molecule has 5 nitrogen and oxygen atoms in total. The monoisotopic (exact) mass is 326 g/mol. The van der Waals surface area contributed by atoms with Crippen molar-refractivity contribution in [1.82, 2.24) is 0 Å². The fourth-order valence-electron chi connectivity index (χ4n) is 2.28. The number of amidine groups is 1. The number of carbonyl (C=O) groups excluding carboxylic acids is 1. The van der Waals surface area contributed by atoms with Crippen LogP contribution in [0, 0.1) is 12.3 Å². The van der Waals surface area contributed by atoms with Gasteiger partial charge < -0.3 is 10.2 Å². The quantitative estimate of drug-likeness (QED) is 0.738. The van der Waals surface area contributed by atoms with Gasteiger partial charge in [-0.1, -0.05) is 12.1 Å². The highest BCUT2D eigenvalue weighted by atomic mass is 32.2. The maximum atomic E-state index is 12.6. The fraction of sp³-hybridized carbons (Fsp3) is 0.0588. The van der Waals surface area contributed by atoms with E-state index in [1.165, 1.54) is 29.2 Å². The molecular weight excluding hydrogens is 312 g/mol. The summed E-state index contributed by atoms with van der Waals surface area (Å²) in [6.07, 6.45) is 1.52. The van der Waals surface area contributed by atoms with Gasteiger partial charge in [0.25, 0.3) is 5.91 Å². The normalized spacial score (nSPS) is 16.4. The number of hydrogen-bond acceptors (Lipinski definition) is 5. The third kappa shape index (κ3) is 2.93. The van der Waals surface area contributed by atoms with Crippen molar-refractivity contribution < 1.29 is 15.0 Å². The fourth-order valence-corrected chi connectivity index (χ4v) is 3.14. The molecule has 0 aliphatic carbocycles. The summed E-state index contributed by atoms with van der Waals surface area (Å²) in [5.41, 5.74) is 2.06. The van der Waals surface area contributed by atoms with Crippen molar-refractivity contribution in [3.63, 3.8) is 0 Å². The average Bonchev–Trinajstić information content (AvgIpc) is 2.76. The Balaban J connectivity index is 1.96. The number of nitrogens with one attached hydrogen (secondary N) is 1. The van der Waals surface area contributed by atoms with Gasteiger partial charge in [0, 0.05) is 11.6 Å². The van der Waals surface area contributed by atoms with Crippen molar-refractivity contribution >= 4 is 34.6 Å². The van der Waals surface area contributed by atoms with Crippen molar-refractivity contribution in [3.05, 3.63) is 58.5 Å². The van der Waals surface area contributed by atoms with E-state index in [4.69, 9.17) is 5.41 Å². The third-order valence-corrected chi connectivity index (χ3v) is 4.27. The van der Waals surface area contributed by atoms with E-state index in [0.717, 1.165) is 17.3 Å². The molecule has 0 saturated carbocycles. The minimum absolute atomic E-state index is 0.0517. The first-order valence-corrected chi connectivity index (χ1v) is 7.68. The van der Waals surface area contributed by atoms with Crippen LogP contribution >= 0.6 is 11.8 Å². The molecule has 0 spiro atoms. The number of benzene rings is 2. The minimum atomic E-state index is -0.307. The van der Waals surface area contributed by atoms with Crippen molar-refractivity contribution in [2.45, 2.75) is 6.92 Å². The first-order chi connectivity index (χ1) is 11.0. The molecule has 116 valence electrons. The van der Waals surface area contributed by atoms with Gasteiger partial charge in [-0.25, -0.2) is 0 Å². The van der Waals surface area contributed by atoms with Gasteiger partial charge in [0.15, 0.2) is 5.17 Å². The highest BCUT2D eigenvalue weighted by molar-refractivity contribution is 8.19. The van der Waals surface area contributed by atoms with Gasteiger partial charge in [0.2, 0.25) is 0 Å². The second-order valence-corrected chi connectivity index (χ2v) is 6.17. The van der Waals surface area contributed by atoms with Gasteiger partial charge in [0.1, 0.15) is 11.5 Å². The summed E-state index contributed by atoms with van der Waals surface area (Å²) in [4.78, 5) is 14.3. The lowest BCUT2D eigenvalue weighted by atomic mass is 10.1. The standard InChI is InChI=1S/C17H14N2O3S/c1-10-3-2-4-12(7-10)19-16(22)15(23-17(19)18)8-11-5-6-13(20)9-14(11)21/h2-9,18,20-21H,1H3/b15-8-,18-17?. The van der Waals surface area contributed by atoms with Crippen LogP contribution in [0.3, 0.4) is 0 Å². The zero-order chi connectivity index (χ0) is 16.6. The Hall–Kier alpha value is -2.73. The third-order valence-electron chi connectivity index (χ3n) is 3.38. The van der Waals surface area contributed by atoms with Gasteiger partial charge in [-0.05, 0) is 54.6 Å². The molecule has 3 N–H and O–H groups in total. The number of amides is 1. The highest BCUT2D eigenvalue weighted by Crippen LogP contribution is 2.36. The molecular formula is C17H14N2O3S. The van der Waals surface area contributed by atoms with E-state index in [9.17, 15) is 15.0 Å². The molecule has 0 atom stereocenters. The molecule has 1 aliphatic heterocycles.